The second-order valence-corrected chi connectivity index (χ2v) is 6.34. The number of furan rings is 1. The Morgan fingerprint density at radius 1 is 1.41 bits per heavy atom. The highest BCUT2D eigenvalue weighted by Crippen LogP contribution is 2.12. The van der Waals surface area contributed by atoms with Gasteiger partial charge >= 0.3 is 0 Å². The molecule has 6 nitrogen and oxygen atoms in total. The van der Waals surface area contributed by atoms with Gasteiger partial charge in [-0.3, -0.25) is 9.59 Å². The van der Waals surface area contributed by atoms with Gasteiger partial charge in [-0.25, -0.2) is 0 Å². The summed E-state index contributed by atoms with van der Waals surface area (Å²) in [6, 6.07) is 2.50. The summed E-state index contributed by atoms with van der Waals surface area (Å²) in [4.78, 5) is 26.3. The van der Waals surface area contributed by atoms with Crippen LogP contribution >= 0.6 is 0 Å². The highest BCUT2D eigenvalue weighted by molar-refractivity contribution is 5.95. The zero-order valence-electron chi connectivity index (χ0n) is 13.9. The van der Waals surface area contributed by atoms with Crippen LogP contribution in [0, 0.1) is 5.92 Å². The zero-order valence-corrected chi connectivity index (χ0v) is 13.9. The van der Waals surface area contributed by atoms with Gasteiger partial charge in [0.2, 0.25) is 5.91 Å². The maximum Gasteiger partial charge on any atom is 0.287 e. The molecule has 1 rings (SSSR count). The SMILES string of the molecule is CCN(CC(C)(C)O)C(=O)C(NC(=O)c1ccco1)C(C)C. The van der Waals surface area contributed by atoms with Gasteiger partial charge in [0.1, 0.15) is 6.04 Å². The normalized spacial score (nSPS) is 13.0. The van der Waals surface area contributed by atoms with E-state index in [2.05, 4.69) is 5.32 Å². The fraction of sp³-hybridized carbons (Fsp3) is 0.625. The number of amides is 2. The molecule has 0 saturated carbocycles. The lowest BCUT2D eigenvalue weighted by Crippen LogP contribution is -2.53. The molecule has 0 aliphatic rings. The lowest BCUT2D eigenvalue weighted by Gasteiger charge is -2.32. The number of nitrogens with zero attached hydrogens (tertiary/aromatic N) is 1. The molecule has 0 aliphatic heterocycles. The number of likely N-dealkylation sites (N-methyl/N-ethyl adjacent to an activating group) is 1. The maximum absolute atomic E-state index is 12.7. The molecular weight excluding hydrogens is 284 g/mol. The second kappa shape index (κ2) is 7.45. The van der Waals surface area contributed by atoms with E-state index < -0.39 is 17.6 Å². The first-order valence-electron chi connectivity index (χ1n) is 7.51. The summed E-state index contributed by atoms with van der Waals surface area (Å²) in [5.74, 6) is -0.540. The van der Waals surface area contributed by atoms with E-state index in [0.29, 0.717) is 6.54 Å². The van der Waals surface area contributed by atoms with E-state index in [9.17, 15) is 14.7 Å². The first-order chi connectivity index (χ1) is 10.2. The van der Waals surface area contributed by atoms with Crippen LogP contribution in [0.4, 0.5) is 0 Å². The topological polar surface area (TPSA) is 82.8 Å². The molecule has 0 aliphatic carbocycles. The molecule has 6 heteroatoms. The standard InChI is InChI=1S/C16H26N2O4/c1-6-18(10-16(4,5)21)15(20)13(11(2)3)17-14(19)12-8-7-9-22-12/h7-9,11,13,21H,6,10H2,1-5H3,(H,17,19). The Labute approximate surface area is 131 Å². The number of carbonyl (C=O) groups is 2. The van der Waals surface area contributed by atoms with Crippen molar-refractivity contribution in [1.29, 1.82) is 0 Å². The Balaban J connectivity index is 2.85. The van der Waals surface area contributed by atoms with Crippen molar-refractivity contribution >= 4 is 11.8 Å². The molecule has 0 bridgehead atoms. The van der Waals surface area contributed by atoms with Crippen molar-refractivity contribution in [3.8, 4) is 0 Å². The maximum atomic E-state index is 12.7. The average Bonchev–Trinajstić information content (AvgIpc) is 2.93. The van der Waals surface area contributed by atoms with E-state index in [1.165, 1.54) is 6.26 Å². The van der Waals surface area contributed by atoms with Crippen molar-refractivity contribution in [3.63, 3.8) is 0 Å². The molecule has 1 aromatic heterocycles. The van der Waals surface area contributed by atoms with Gasteiger partial charge in [0.15, 0.2) is 5.76 Å². The van der Waals surface area contributed by atoms with Gasteiger partial charge in [-0.05, 0) is 38.8 Å². The molecule has 1 aromatic rings. The summed E-state index contributed by atoms with van der Waals surface area (Å²) < 4.78 is 5.05. The van der Waals surface area contributed by atoms with Crippen molar-refractivity contribution in [2.45, 2.75) is 46.3 Å². The van der Waals surface area contributed by atoms with Crippen LogP contribution in [0.1, 0.15) is 45.2 Å². The summed E-state index contributed by atoms with van der Waals surface area (Å²) in [6.07, 6.45) is 1.41. The molecule has 0 fully saturated rings. The molecule has 0 radical (unpaired) electrons. The van der Waals surface area contributed by atoms with Gasteiger partial charge in [-0.1, -0.05) is 13.8 Å². The molecule has 0 spiro atoms. The van der Waals surface area contributed by atoms with Crippen LogP contribution in [0.3, 0.4) is 0 Å². The second-order valence-electron chi connectivity index (χ2n) is 6.34. The number of hydrogen-bond donors (Lipinski definition) is 2. The fourth-order valence-electron chi connectivity index (χ4n) is 2.14. The van der Waals surface area contributed by atoms with Gasteiger partial charge in [-0.15, -0.1) is 0 Å². The van der Waals surface area contributed by atoms with Gasteiger partial charge in [0.25, 0.3) is 5.91 Å². The summed E-state index contributed by atoms with van der Waals surface area (Å²) in [6.45, 7) is 9.54. The minimum absolute atomic E-state index is 0.0812. The monoisotopic (exact) mass is 310 g/mol. The van der Waals surface area contributed by atoms with Crippen LogP contribution in [-0.2, 0) is 4.79 Å². The van der Waals surface area contributed by atoms with E-state index in [1.54, 1.807) is 30.9 Å². The van der Waals surface area contributed by atoms with E-state index >= 15 is 0 Å². The highest BCUT2D eigenvalue weighted by Gasteiger charge is 2.31. The van der Waals surface area contributed by atoms with E-state index in [-0.39, 0.29) is 24.1 Å². The van der Waals surface area contributed by atoms with E-state index in [4.69, 9.17) is 4.42 Å². The molecule has 124 valence electrons. The lowest BCUT2D eigenvalue weighted by atomic mass is 10.0. The quantitative estimate of drug-likeness (QED) is 0.802. The third-order valence-corrected chi connectivity index (χ3v) is 3.24. The third kappa shape index (κ3) is 5.18. The number of nitrogens with one attached hydrogen (secondary N) is 1. The molecular formula is C16H26N2O4. The van der Waals surface area contributed by atoms with Crippen molar-refractivity contribution < 1.29 is 19.1 Å². The Bertz CT molecular complexity index is 489. The predicted molar refractivity (Wildman–Crippen MR) is 83.4 cm³/mol. The van der Waals surface area contributed by atoms with E-state index in [1.807, 2.05) is 20.8 Å². The van der Waals surface area contributed by atoms with Crippen LogP contribution < -0.4 is 5.32 Å². The summed E-state index contributed by atoms with van der Waals surface area (Å²) in [5, 5.41) is 12.6. The van der Waals surface area contributed by atoms with Crippen LogP contribution in [0.2, 0.25) is 0 Å². The molecule has 1 heterocycles. The molecule has 22 heavy (non-hydrogen) atoms. The van der Waals surface area contributed by atoms with Crippen LogP contribution in [0.25, 0.3) is 0 Å². The Morgan fingerprint density at radius 3 is 2.45 bits per heavy atom. The fourth-order valence-corrected chi connectivity index (χ4v) is 2.14. The Kier molecular flexibility index (Phi) is 6.17. The highest BCUT2D eigenvalue weighted by atomic mass is 16.3. The van der Waals surface area contributed by atoms with Crippen molar-refractivity contribution in [2.24, 2.45) is 5.92 Å². The molecule has 1 atom stereocenters. The van der Waals surface area contributed by atoms with E-state index in [0.717, 1.165) is 0 Å². The molecule has 1 unspecified atom stereocenters. The van der Waals surface area contributed by atoms with Crippen molar-refractivity contribution in [1.82, 2.24) is 10.2 Å². The first-order valence-corrected chi connectivity index (χ1v) is 7.51. The predicted octanol–water partition coefficient (Wildman–Crippen LogP) is 1.65. The number of carbonyl (C=O) groups excluding carboxylic acids is 2. The first kappa shape index (κ1) is 18.2. The molecule has 2 amide bonds. The Morgan fingerprint density at radius 2 is 2.05 bits per heavy atom. The van der Waals surface area contributed by atoms with Crippen molar-refractivity contribution in [2.75, 3.05) is 13.1 Å². The molecule has 0 aromatic carbocycles. The number of rotatable bonds is 7. The molecule has 0 saturated heterocycles. The largest absolute Gasteiger partial charge is 0.459 e. The minimum Gasteiger partial charge on any atom is -0.459 e. The molecule has 2 N–H and O–H groups in total. The zero-order chi connectivity index (χ0) is 16.9. The Hall–Kier alpha value is -1.82. The van der Waals surface area contributed by atoms with Gasteiger partial charge in [-0.2, -0.15) is 0 Å². The summed E-state index contributed by atoms with van der Waals surface area (Å²) in [5.41, 5.74) is -0.988. The van der Waals surface area contributed by atoms with Crippen LogP contribution in [0.5, 0.6) is 0 Å². The number of hydrogen-bond acceptors (Lipinski definition) is 4. The smallest absolute Gasteiger partial charge is 0.287 e. The summed E-state index contributed by atoms with van der Waals surface area (Å²) >= 11 is 0. The third-order valence-electron chi connectivity index (χ3n) is 3.24. The minimum atomic E-state index is -0.988. The summed E-state index contributed by atoms with van der Waals surface area (Å²) in [7, 11) is 0. The van der Waals surface area contributed by atoms with Crippen LogP contribution in [-0.4, -0.2) is 46.6 Å². The average molecular weight is 310 g/mol. The van der Waals surface area contributed by atoms with Crippen LogP contribution in [0.15, 0.2) is 22.8 Å². The van der Waals surface area contributed by atoms with Gasteiger partial charge in [0.05, 0.1) is 11.9 Å². The van der Waals surface area contributed by atoms with Gasteiger partial charge < -0.3 is 19.7 Å². The lowest BCUT2D eigenvalue weighted by molar-refractivity contribution is -0.137. The van der Waals surface area contributed by atoms with Crippen molar-refractivity contribution in [3.05, 3.63) is 24.2 Å². The van der Waals surface area contributed by atoms with Gasteiger partial charge in [0, 0.05) is 13.1 Å². The number of aliphatic hydroxyl groups is 1.